The van der Waals surface area contributed by atoms with Gasteiger partial charge in [-0.25, -0.2) is 4.79 Å². The largest absolute Gasteiger partial charge is 0.476 e. The molecular formula is C9H7N3O3. The van der Waals surface area contributed by atoms with Crippen LogP contribution in [0.1, 0.15) is 10.5 Å². The van der Waals surface area contributed by atoms with Gasteiger partial charge in [0.25, 0.3) is 0 Å². The standard InChI is InChI=1S/C9H7N3O3/c10-7-6(9(13)14)12-8(15-7)5-1-3-11-4-2-5/h1-4H,10H2,(H,13,14). The second-order valence-corrected chi connectivity index (χ2v) is 2.77. The Bertz CT molecular complexity index is 493. The topological polar surface area (TPSA) is 102 Å². The molecule has 6 heteroatoms. The number of pyridine rings is 1. The maximum absolute atomic E-state index is 10.7. The van der Waals surface area contributed by atoms with Crippen LogP contribution in [0.3, 0.4) is 0 Å². The van der Waals surface area contributed by atoms with Crippen LogP contribution in [0.5, 0.6) is 0 Å². The van der Waals surface area contributed by atoms with E-state index in [0.29, 0.717) is 5.56 Å². The van der Waals surface area contributed by atoms with Crippen molar-refractivity contribution in [3.8, 4) is 11.5 Å². The highest BCUT2D eigenvalue weighted by molar-refractivity contribution is 5.90. The van der Waals surface area contributed by atoms with Crippen LogP contribution in [-0.2, 0) is 0 Å². The molecule has 6 nitrogen and oxygen atoms in total. The highest BCUT2D eigenvalue weighted by atomic mass is 16.4. The summed E-state index contributed by atoms with van der Waals surface area (Å²) < 4.78 is 5.02. The van der Waals surface area contributed by atoms with Crippen molar-refractivity contribution >= 4 is 11.9 Å². The lowest BCUT2D eigenvalue weighted by Gasteiger charge is -1.91. The van der Waals surface area contributed by atoms with Gasteiger partial charge >= 0.3 is 5.97 Å². The van der Waals surface area contributed by atoms with Gasteiger partial charge in [-0.15, -0.1) is 0 Å². The number of hydrogen-bond donors (Lipinski definition) is 2. The van der Waals surface area contributed by atoms with E-state index in [0.717, 1.165) is 0 Å². The van der Waals surface area contributed by atoms with Crippen molar-refractivity contribution < 1.29 is 14.3 Å². The molecule has 0 spiro atoms. The van der Waals surface area contributed by atoms with E-state index in [-0.39, 0.29) is 17.5 Å². The summed E-state index contributed by atoms with van der Waals surface area (Å²) in [6.07, 6.45) is 3.10. The number of carbonyl (C=O) groups is 1. The van der Waals surface area contributed by atoms with E-state index < -0.39 is 5.97 Å². The molecule has 0 bridgehead atoms. The summed E-state index contributed by atoms with van der Waals surface area (Å²) in [5.74, 6) is -1.24. The lowest BCUT2D eigenvalue weighted by Crippen LogP contribution is -2.00. The summed E-state index contributed by atoms with van der Waals surface area (Å²) in [6.45, 7) is 0. The molecule has 0 saturated heterocycles. The van der Waals surface area contributed by atoms with Crippen LogP contribution in [0.15, 0.2) is 28.9 Å². The van der Waals surface area contributed by atoms with E-state index in [2.05, 4.69) is 9.97 Å². The Morgan fingerprint density at radius 1 is 1.40 bits per heavy atom. The van der Waals surface area contributed by atoms with Crippen molar-refractivity contribution in [2.75, 3.05) is 5.73 Å². The van der Waals surface area contributed by atoms with Gasteiger partial charge in [-0.3, -0.25) is 4.98 Å². The summed E-state index contributed by atoms with van der Waals surface area (Å²) in [4.78, 5) is 18.2. The average Bonchev–Trinajstić information content (AvgIpc) is 2.62. The van der Waals surface area contributed by atoms with E-state index in [1.807, 2.05) is 0 Å². The van der Waals surface area contributed by atoms with Gasteiger partial charge in [0.15, 0.2) is 0 Å². The maximum Gasteiger partial charge on any atom is 0.360 e. The number of carboxylic acid groups (broad SMARTS) is 1. The molecule has 3 N–H and O–H groups in total. The summed E-state index contributed by atoms with van der Waals surface area (Å²) >= 11 is 0. The molecule has 0 aromatic carbocycles. The molecule has 0 radical (unpaired) electrons. The molecule has 0 aliphatic heterocycles. The smallest absolute Gasteiger partial charge is 0.360 e. The number of nitrogens with zero attached hydrogens (tertiary/aromatic N) is 2. The molecule has 0 fully saturated rings. The number of carboxylic acids is 1. The van der Waals surface area contributed by atoms with Crippen molar-refractivity contribution in [3.05, 3.63) is 30.2 Å². The fourth-order valence-corrected chi connectivity index (χ4v) is 1.10. The Morgan fingerprint density at radius 3 is 2.60 bits per heavy atom. The molecular weight excluding hydrogens is 198 g/mol. The number of oxazole rings is 1. The normalized spacial score (nSPS) is 10.1. The van der Waals surface area contributed by atoms with E-state index >= 15 is 0 Å². The number of hydrogen-bond acceptors (Lipinski definition) is 5. The van der Waals surface area contributed by atoms with Gasteiger partial charge < -0.3 is 15.3 Å². The minimum absolute atomic E-state index is 0.173. The number of aromatic nitrogens is 2. The van der Waals surface area contributed by atoms with Gasteiger partial charge in [0, 0.05) is 18.0 Å². The first kappa shape index (κ1) is 9.20. The van der Waals surface area contributed by atoms with Crippen LogP contribution in [0.2, 0.25) is 0 Å². The number of anilines is 1. The van der Waals surface area contributed by atoms with Gasteiger partial charge in [0.1, 0.15) is 0 Å². The quantitative estimate of drug-likeness (QED) is 0.758. The van der Waals surface area contributed by atoms with Gasteiger partial charge in [0.2, 0.25) is 17.5 Å². The third-order valence-electron chi connectivity index (χ3n) is 1.78. The molecule has 0 aliphatic carbocycles. The first-order valence-corrected chi connectivity index (χ1v) is 4.08. The second-order valence-electron chi connectivity index (χ2n) is 2.77. The molecule has 2 aromatic rings. The van der Waals surface area contributed by atoms with Crippen molar-refractivity contribution in [1.82, 2.24) is 9.97 Å². The lowest BCUT2D eigenvalue weighted by molar-refractivity contribution is 0.0692. The van der Waals surface area contributed by atoms with Gasteiger partial charge in [-0.1, -0.05) is 0 Å². The van der Waals surface area contributed by atoms with Crippen molar-refractivity contribution in [2.24, 2.45) is 0 Å². The Kier molecular flexibility index (Phi) is 2.09. The van der Waals surface area contributed by atoms with Crippen LogP contribution in [0.4, 0.5) is 5.88 Å². The van der Waals surface area contributed by atoms with E-state index in [1.165, 1.54) is 0 Å². The zero-order valence-electron chi connectivity index (χ0n) is 7.54. The highest BCUT2D eigenvalue weighted by Crippen LogP contribution is 2.22. The molecule has 0 saturated carbocycles. The Hall–Kier alpha value is -2.37. The van der Waals surface area contributed by atoms with Crippen LogP contribution in [0, 0.1) is 0 Å². The van der Waals surface area contributed by atoms with Crippen molar-refractivity contribution in [2.45, 2.75) is 0 Å². The minimum Gasteiger partial charge on any atom is -0.476 e. The lowest BCUT2D eigenvalue weighted by atomic mass is 10.3. The summed E-state index contributed by atoms with van der Waals surface area (Å²) in [5, 5.41) is 8.71. The Balaban J connectivity index is 2.48. The highest BCUT2D eigenvalue weighted by Gasteiger charge is 2.17. The van der Waals surface area contributed by atoms with Crippen molar-refractivity contribution in [1.29, 1.82) is 0 Å². The number of aromatic carboxylic acids is 1. The fraction of sp³-hybridized carbons (Fsp3) is 0. The molecule has 15 heavy (non-hydrogen) atoms. The molecule has 2 rings (SSSR count). The SMILES string of the molecule is Nc1oc(-c2ccncc2)nc1C(=O)O. The van der Waals surface area contributed by atoms with E-state index in [4.69, 9.17) is 15.3 Å². The molecule has 2 heterocycles. The second kappa shape index (κ2) is 3.41. The predicted octanol–water partition coefficient (Wildman–Crippen LogP) is 1.02. The van der Waals surface area contributed by atoms with Gasteiger partial charge in [0.05, 0.1) is 0 Å². The summed E-state index contributed by atoms with van der Waals surface area (Å²) in [7, 11) is 0. The zero-order valence-corrected chi connectivity index (χ0v) is 7.54. The molecule has 0 aliphatic rings. The van der Waals surface area contributed by atoms with Crippen molar-refractivity contribution in [3.63, 3.8) is 0 Å². The number of nitrogens with two attached hydrogens (primary N) is 1. The predicted molar refractivity (Wildman–Crippen MR) is 51.1 cm³/mol. The van der Waals surface area contributed by atoms with Crippen LogP contribution >= 0.6 is 0 Å². The van der Waals surface area contributed by atoms with Gasteiger partial charge in [-0.2, -0.15) is 4.98 Å². The first-order chi connectivity index (χ1) is 7.18. The van der Waals surface area contributed by atoms with E-state index in [9.17, 15) is 4.79 Å². The van der Waals surface area contributed by atoms with Crippen LogP contribution in [-0.4, -0.2) is 21.0 Å². The molecule has 0 amide bonds. The monoisotopic (exact) mass is 205 g/mol. The molecule has 2 aromatic heterocycles. The average molecular weight is 205 g/mol. The zero-order chi connectivity index (χ0) is 10.8. The minimum atomic E-state index is -1.21. The number of nitrogen functional groups attached to an aromatic ring is 1. The molecule has 0 atom stereocenters. The number of rotatable bonds is 2. The van der Waals surface area contributed by atoms with E-state index in [1.54, 1.807) is 24.5 Å². The maximum atomic E-state index is 10.7. The Morgan fingerprint density at radius 2 is 2.07 bits per heavy atom. The third kappa shape index (κ3) is 1.64. The summed E-state index contributed by atoms with van der Waals surface area (Å²) in [5.41, 5.74) is 5.71. The fourth-order valence-electron chi connectivity index (χ4n) is 1.10. The summed E-state index contributed by atoms with van der Waals surface area (Å²) in [6, 6.07) is 3.30. The molecule has 76 valence electrons. The molecule has 0 unspecified atom stereocenters. The van der Waals surface area contributed by atoms with Crippen LogP contribution < -0.4 is 5.73 Å². The van der Waals surface area contributed by atoms with Crippen LogP contribution in [0.25, 0.3) is 11.5 Å². The first-order valence-electron chi connectivity index (χ1n) is 4.08. The Labute approximate surface area is 84.4 Å². The third-order valence-corrected chi connectivity index (χ3v) is 1.78. The van der Waals surface area contributed by atoms with Gasteiger partial charge in [-0.05, 0) is 12.1 Å².